The molecular formula is C4H4F2N2O2S2. The smallest absolute Gasteiger partial charge is 0.223 e. The number of sulfonamides is 1. The molecule has 0 aromatic carbocycles. The summed E-state index contributed by atoms with van der Waals surface area (Å²) in [5.74, 6) is 0. The Balaban J connectivity index is 3.09. The highest BCUT2D eigenvalue weighted by Gasteiger charge is 2.17. The van der Waals surface area contributed by atoms with Crippen LogP contribution in [0.2, 0.25) is 0 Å². The highest BCUT2D eigenvalue weighted by molar-refractivity contribution is 7.89. The van der Waals surface area contributed by atoms with Crippen LogP contribution in [0.1, 0.15) is 11.4 Å². The minimum Gasteiger partial charge on any atom is -0.223 e. The maximum Gasteiger partial charge on any atom is 0.289 e. The van der Waals surface area contributed by atoms with Crippen LogP contribution in [0.15, 0.2) is 10.4 Å². The van der Waals surface area contributed by atoms with Gasteiger partial charge in [0.25, 0.3) is 16.4 Å². The van der Waals surface area contributed by atoms with Gasteiger partial charge in [0.15, 0.2) is 10.0 Å². The fourth-order valence-electron chi connectivity index (χ4n) is 0.503. The zero-order chi connectivity index (χ0) is 9.35. The van der Waals surface area contributed by atoms with Gasteiger partial charge >= 0.3 is 0 Å². The lowest BCUT2D eigenvalue weighted by molar-refractivity contribution is 0.150. The lowest BCUT2D eigenvalue weighted by Crippen LogP contribution is -2.12. The van der Waals surface area contributed by atoms with Gasteiger partial charge in [-0.1, -0.05) is 0 Å². The molecule has 1 aromatic rings. The second-order valence-corrected chi connectivity index (χ2v) is 4.27. The van der Waals surface area contributed by atoms with Crippen molar-refractivity contribution in [1.82, 2.24) is 4.98 Å². The van der Waals surface area contributed by atoms with Gasteiger partial charge in [0, 0.05) is 5.38 Å². The first-order valence-corrected chi connectivity index (χ1v) is 5.10. The van der Waals surface area contributed by atoms with Crippen molar-refractivity contribution in [2.24, 2.45) is 5.14 Å². The Kier molecular flexibility index (Phi) is 2.40. The Bertz CT molecular complexity index is 372. The molecule has 0 saturated carbocycles. The number of halogens is 2. The number of alkyl halides is 2. The summed E-state index contributed by atoms with van der Waals surface area (Å²) in [5.41, 5.74) is 0. The van der Waals surface area contributed by atoms with Gasteiger partial charge in [-0.25, -0.2) is 27.3 Å². The third-order valence-electron chi connectivity index (χ3n) is 0.979. The number of nitrogens with zero attached hydrogens (tertiary/aromatic N) is 1. The number of primary sulfonamides is 1. The molecule has 0 amide bonds. The SMILES string of the molecule is NS(=O)(=O)c1csc(C(F)F)n1. The van der Waals surface area contributed by atoms with E-state index in [1.165, 1.54) is 0 Å². The van der Waals surface area contributed by atoms with E-state index < -0.39 is 26.5 Å². The molecule has 0 spiro atoms. The first kappa shape index (κ1) is 9.49. The number of aromatic nitrogens is 1. The van der Waals surface area contributed by atoms with E-state index in [9.17, 15) is 17.2 Å². The first-order valence-electron chi connectivity index (χ1n) is 2.67. The Morgan fingerprint density at radius 2 is 2.17 bits per heavy atom. The molecule has 1 aromatic heterocycles. The Morgan fingerprint density at radius 1 is 1.58 bits per heavy atom. The third-order valence-corrected chi connectivity index (χ3v) is 2.77. The van der Waals surface area contributed by atoms with Gasteiger partial charge in [-0.05, 0) is 0 Å². The highest BCUT2D eigenvalue weighted by atomic mass is 32.2. The van der Waals surface area contributed by atoms with E-state index >= 15 is 0 Å². The molecule has 0 bridgehead atoms. The quantitative estimate of drug-likeness (QED) is 0.788. The van der Waals surface area contributed by atoms with E-state index in [1.807, 2.05) is 0 Å². The number of hydrogen-bond acceptors (Lipinski definition) is 4. The van der Waals surface area contributed by atoms with Crippen molar-refractivity contribution in [3.63, 3.8) is 0 Å². The molecule has 0 unspecified atom stereocenters. The average molecular weight is 214 g/mol. The summed E-state index contributed by atoms with van der Waals surface area (Å²) in [7, 11) is -3.95. The maximum absolute atomic E-state index is 11.9. The van der Waals surface area contributed by atoms with Gasteiger partial charge in [0.05, 0.1) is 0 Å². The molecule has 0 saturated heterocycles. The molecule has 0 fully saturated rings. The molecule has 0 aliphatic carbocycles. The third kappa shape index (κ3) is 1.96. The molecule has 0 aliphatic heterocycles. The van der Waals surface area contributed by atoms with Crippen LogP contribution in [0.5, 0.6) is 0 Å². The summed E-state index contributed by atoms with van der Waals surface area (Å²) in [6.45, 7) is 0. The number of thiazole rings is 1. The van der Waals surface area contributed by atoms with E-state index in [0.29, 0.717) is 11.3 Å². The summed E-state index contributed by atoms with van der Waals surface area (Å²) in [4.78, 5) is 3.14. The van der Waals surface area contributed by atoms with E-state index in [2.05, 4.69) is 10.1 Å². The second kappa shape index (κ2) is 3.04. The number of rotatable bonds is 2. The lowest BCUT2D eigenvalue weighted by atomic mass is 10.7. The minimum absolute atomic E-state index is 0.511. The maximum atomic E-state index is 11.9. The van der Waals surface area contributed by atoms with Crippen LogP contribution in [0.4, 0.5) is 8.78 Å². The van der Waals surface area contributed by atoms with Gasteiger partial charge < -0.3 is 0 Å². The average Bonchev–Trinajstić information content (AvgIpc) is 2.30. The van der Waals surface area contributed by atoms with Crippen LogP contribution < -0.4 is 5.14 Å². The number of hydrogen-bond donors (Lipinski definition) is 1. The summed E-state index contributed by atoms with van der Waals surface area (Å²) < 4.78 is 44.9. The molecule has 2 N–H and O–H groups in total. The molecule has 8 heteroatoms. The van der Waals surface area contributed by atoms with Crippen LogP contribution in [0.3, 0.4) is 0 Å². The summed E-state index contributed by atoms with van der Waals surface area (Å²) in [6, 6.07) is 0. The van der Waals surface area contributed by atoms with Crippen molar-refractivity contribution < 1.29 is 17.2 Å². The summed E-state index contributed by atoms with van der Waals surface area (Å²) >= 11 is 0.564. The van der Waals surface area contributed by atoms with Crippen LogP contribution >= 0.6 is 11.3 Å². The molecule has 1 rings (SSSR count). The zero-order valence-corrected chi connectivity index (χ0v) is 7.20. The molecule has 0 atom stereocenters. The molecule has 1 heterocycles. The molecule has 68 valence electrons. The van der Waals surface area contributed by atoms with Crippen molar-refractivity contribution in [3.8, 4) is 0 Å². The first-order chi connectivity index (χ1) is 5.41. The van der Waals surface area contributed by atoms with Crippen molar-refractivity contribution >= 4 is 21.4 Å². The fraction of sp³-hybridized carbons (Fsp3) is 0.250. The highest BCUT2D eigenvalue weighted by Crippen LogP contribution is 2.23. The molecule has 0 radical (unpaired) electrons. The topological polar surface area (TPSA) is 73.1 Å². The van der Waals surface area contributed by atoms with Crippen molar-refractivity contribution in [2.45, 2.75) is 11.5 Å². The standard InChI is InChI=1S/C4H4F2N2O2S2/c5-3(6)4-8-2(1-11-4)12(7,9)10/h1,3H,(H2,7,9,10). The van der Waals surface area contributed by atoms with E-state index in [-0.39, 0.29) is 0 Å². The van der Waals surface area contributed by atoms with Gasteiger partial charge in [0.1, 0.15) is 0 Å². The van der Waals surface area contributed by atoms with E-state index in [0.717, 1.165) is 5.38 Å². The number of nitrogens with two attached hydrogens (primary N) is 1. The van der Waals surface area contributed by atoms with E-state index in [1.54, 1.807) is 0 Å². The van der Waals surface area contributed by atoms with Crippen molar-refractivity contribution in [1.29, 1.82) is 0 Å². The minimum atomic E-state index is -3.95. The second-order valence-electron chi connectivity index (χ2n) is 1.87. The molecule has 4 nitrogen and oxygen atoms in total. The lowest BCUT2D eigenvalue weighted by Gasteiger charge is -1.89. The van der Waals surface area contributed by atoms with Crippen LogP contribution in [0, 0.1) is 0 Å². The van der Waals surface area contributed by atoms with Crippen LogP contribution in [0.25, 0.3) is 0 Å². The molecular weight excluding hydrogens is 210 g/mol. The van der Waals surface area contributed by atoms with Crippen LogP contribution in [-0.2, 0) is 10.0 Å². The van der Waals surface area contributed by atoms with Crippen molar-refractivity contribution in [2.75, 3.05) is 0 Å². The largest absolute Gasteiger partial charge is 0.289 e. The zero-order valence-electron chi connectivity index (χ0n) is 5.57. The summed E-state index contributed by atoms with van der Waals surface area (Å²) in [6.07, 6.45) is -2.76. The Morgan fingerprint density at radius 3 is 2.42 bits per heavy atom. The molecule has 0 aliphatic rings. The van der Waals surface area contributed by atoms with Crippen molar-refractivity contribution in [3.05, 3.63) is 10.4 Å². The summed E-state index contributed by atoms with van der Waals surface area (Å²) in [5, 5.41) is 4.57. The monoisotopic (exact) mass is 214 g/mol. The van der Waals surface area contributed by atoms with Gasteiger partial charge in [0.2, 0.25) is 0 Å². The van der Waals surface area contributed by atoms with Gasteiger partial charge in [-0.3, -0.25) is 0 Å². The van der Waals surface area contributed by atoms with E-state index in [4.69, 9.17) is 0 Å². The van der Waals surface area contributed by atoms with Gasteiger partial charge in [-0.15, -0.1) is 11.3 Å². The van der Waals surface area contributed by atoms with Crippen LogP contribution in [-0.4, -0.2) is 13.4 Å². The normalized spacial score (nSPS) is 12.3. The Labute approximate surface area is 71.1 Å². The molecule has 12 heavy (non-hydrogen) atoms. The predicted octanol–water partition coefficient (Wildman–Crippen LogP) is 0.728. The fourth-order valence-corrected chi connectivity index (χ4v) is 2.00. The predicted molar refractivity (Wildman–Crippen MR) is 38.4 cm³/mol. The van der Waals surface area contributed by atoms with Gasteiger partial charge in [-0.2, -0.15) is 0 Å². The Hall–Kier alpha value is -0.600.